The second-order valence-corrected chi connectivity index (χ2v) is 5.84. The highest BCUT2D eigenvalue weighted by Crippen LogP contribution is 2.37. The normalized spacial score (nSPS) is 16.2. The molecule has 0 spiro atoms. The van der Waals surface area contributed by atoms with Crippen LogP contribution in [0.3, 0.4) is 0 Å². The maximum Gasteiger partial charge on any atom is 0.227 e. The zero-order valence-electron chi connectivity index (χ0n) is 11.1. The summed E-state index contributed by atoms with van der Waals surface area (Å²) in [4.78, 5) is 11.4. The van der Waals surface area contributed by atoms with E-state index in [0.717, 1.165) is 22.6 Å². The summed E-state index contributed by atoms with van der Waals surface area (Å²) < 4.78 is 1.05. The first-order chi connectivity index (χ1) is 8.67. The molecule has 1 saturated carbocycles. The lowest BCUT2D eigenvalue weighted by molar-refractivity contribution is 0.683. The van der Waals surface area contributed by atoms with Crippen molar-refractivity contribution in [2.45, 2.75) is 45.4 Å². The summed E-state index contributed by atoms with van der Waals surface area (Å²) in [5.74, 6) is 2.01. The van der Waals surface area contributed by atoms with Gasteiger partial charge < -0.3 is 10.6 Å². The number of anilines is 2. The fourth-order valence-electron chi connectivity index (χ4n) is 2.59. The number of hydrogen-bond acceptors (Lipinski definition) is 4. The third kappa shape index (κ3) is 2.70. The number of nitrogen functional groups attached to an aromatic ring is 1. The molecule has 18 heavy (non-hydrogen) atoms. The predicted octanol–water partition coefficient (Wildman–Crippen LogP) is 3.17. The molecule has 100 valence electrons. The lowest BCUT2D eigenvalue weighted by Gasteiger charge is -2.21. The highest BCUT2D eigenvalue weighted by atomic mass is 127. The van der Waals surface area contributed by atoms with E-state index in [-0.39, 0.29) is 0 Å². The molecular weight excluding hydrogens is 339 g/mol. The van der Waals surface area contributed by atoms with Gasteiger partial charge in [0, 0.05) is 19.0 Å². The van der Waals surface area contributed by atoms with Crippen molar-refractivity contribution in [1.82, 2.24) is 9.97 Å². The maximum atomic E-state index is 6.05. The molecule has 5 heteroatoms. The van der Waals surface area contributed by atoms with Gasteiger partial charge in [-0.1, -0.05) is 12.8 Å². The van der Waals surface area contributed by atoms with E-state index in [4.69, 9.17) is 10.7 Å². The van der Waals surface area contributed by atoms with Crippen LogP contribution in [0.1, 0.15) is 51.1 Å². The monoisotopic (exact) mass is 360 g/mol. The van der Waals surface area contributed by atoms with Gasteiger partial charge in [0.25, 0.3) is 0 Å². The smallest absolute Gasteiger partial charge is 0.227 e. The van der Waals surface area contributed by atoms with Crippen LogP contribution in [-0.4, -0.2) is 23.1 Å². The fourth-order valence-corrected chi connectivity index (χ4v) is 3.27. The Bertz CT molecular complexity index is 412. The Kier molecular flexibility index (Phi) is 4.64. The molecule has 1 heterocycles. The molecule has 1 aromatic rings. The van der Waals surface area contributed by atoms with Gasteiger partial charge in [0.05, 0.1) is 9.26 Å². The summed E-state index contributed by atoms with van der Waals surface area (Å²) in [5.41, 5.74) is 7.22. The Labute approximate surface area is 123 Å². The average Bonchev–Trinajstić information content (AvgIpc) is 2.88. The standard InChI is InChI=1S/C13H21IN4/c1-3-18(4-2)13-16-11(9-7-5-6-8-9)10(14)12(15)17-13/h9H,3-8H2,1-2H3,(H2,15,16,17). The Morgan fingerprint density at radius 3 is 2.39 bits per heavy atom. The Morgan fingerprint density at radius 2 is 1.83 bits per heavy atom. The van der Waals surface area contributed by atoms with Crippen molar-refractivity contribution >= 4 is 34.4 Å². The molecule has 4 nitrogen and oxygen atoms in total. The summed E-state index contributed by atoms with van der Waals surface area (Å²) >= 11 is 2.29. The molecular formula is C13H21IN4. The molecule has 2 N–H and O–H groups in total. The van der Waals surface area contributed by atoms with Crippen LogP contribution in [-0.2, 0) is 0 Å². The number of nitrogens with zero attached hydrogens (tertiary/aromatic N) is 3. The van der Waals surface area contributed by atoms with Gasteiger partial charge in [-0.3, -0.25) is 0 Å². The van der Waals surface area contributed by atoms with Crippen LogP contribution in [0.2, 0.25) is 0 Å². The summed E-state index contributed by atoms with van der Waals surface area (Å²) in [6.07, 6.45) is 5.10. The number of halogens is 1. The lowest BCUT2D eigenvalue weighted by atomic mass is 10.0. The maximum absolute atomic E-state index is 6.05. The minimum atomic E-state index is 0.580. The number of hydrogen-bond donors (Lipinski definition) is 1. The number of rotatable bonds is 4. The van der Waals surface area contributed by atoms with Gasteiger partial charge in [-0.2, -0.15) is 4.98 Å². The first-order valence-electron chi connectivity index (χ1n) is 6.75. The van der Waals surface area contributed by atoms with E-state index in [2.05, 4.69) is 46.3 Å². The van der Waals surface area contributed by atoms with Gasteiger partial charge in [-0.15, -0.1) is 0 Å². The highest BCUT2D eigenvalue weighted by Gasteiger charge is 2.24. The van der Waals surface area contributed by atoms with Crippen molar-refractivity contribution in [2.24, 2.45) is 0 Å². The molecule has 0 bridgehead atoms. The lowest BCUT2D eigenvalue weighted by Crippen LogP contribution is -2.25. The molecule has 1 fully saturated rings. The van der Waals surface area contributed by atoms with Crippen molar-refractivity contribution in [2.75, 3.05) is 23.7 Å². The summed E-state index contributed by atoms with van der Waals surface area (Å²) in [5, 5.41) is 0. The fraction of sp³-hybridized carbons (Fsp3) is 0.692. The van der Waals surface area contributed by atoms with Crippen LogP contribution in [0, 0.1) is 3.57 Å². The minimum Gasteiger partial charge on any atom is -0.383 e. The number of aromatic nitrogens is 2. The molecule has 1 aromatic heterocycles. The van der Waals surface area contributed by atoms with Crippen LogP contribution in [0.5, 0.6) is 0 Å². The van der Waals surface area contributed by atoms with Crippen molar-refractivity contribution in [3.8, 4) is 0 Å². The van der Waals surface area contributed by atoms with E-state index < -0.39 is 0 Å². The van der Waals surface area contributed by atoms with Gasteiger partial charge in [-0.05, 0) is 49.3 Å². The molecule has 0 aliphatic heterocycles. The van der Waals surface area contributed by atoms with Crippen molar-refractivity contribution in [1.29, 1.82) is 0 Å². The van der Waals surface area contributed by atoms with Gasteiger partial charge in [-0.25, -0.2) is 4.98 Å². The predicted molar refractivity (Wildman–Crippen MR) is 83.9 cm³/mol. The zero-order valence-corrected chi connectivity index (χ0v) is 13.3. The summed E-state index contributed by atoms with van der Waals surface area (Å²) in [7, 11) is 0. The topological polar surface area (TPSA) is 55.0 Å². The molecule has 0 aromatic carbocycles. The molecule has 0 amide bonds. The Balaban J connectivity index is 2.38. The molecule has 0 saturated heterocycles. The van der Waals surface area contributed by atoms with Crippen LogP contribution in [0.15, 0.2) is 0 Å². The van der Waals surface area contributed by atoms with E-state index in [1.807, 2.05) is 0 Å². The SMILES string of the molecule is CCN(CC)c1nc(N)c(I)c(C2CCCC2)n1. The Hall–Kier alpha value is -0.590. The van der Waals surface area contributed by atoms with Gasteiger partial charge in [0.1, 0.15) is 5.82 Å². The third-order valence-corrected chi connectivity index (χ3v) is 4.78. The van der Waals surface area contributed by atoms with Gasteiger partial charge >= 0.3 is 0 Å². The second kappa shape index (κ2) is 6.04. The van der Waals surface area contributed by atoms with E-state index >= 15 is 0 Å². The van der Waals surface area contributed by atoms with E-state index in [1.54, 1.807) is 0 Å². The van der Waals surface area contributed by atoms with E-state index in [9.17, 15) is 0 Å². The van der Waals surface area contributed by atoms with E-state index in [0.29, 0.717) is 11.7 Å². The van der Waals surface area contributed by atoms with Crippen molar-refractivity contribution in [3.05, 3.63) is 9.26 Å². The molecule has 2 rings (SSSR count). The molecule has 1 aliphatic carbocycles. The largest absolute Gasteiger partial charge is 0.383 e. The molecule has 0 radical (unpaired) electrons. The first kappa shape index (κ1) is 13.8. The quantitative estimate of drug-likeness (QED) is 0.838. The van der Waals surface area contributed by atoms with Crippen molar-refractivity contribution in [3.63, 3.8) is 0 Å². The summed E-state index contributed by atoms with van der Waals surface area (Å²) in [6, 6.07) is 0. The zero-order chi connectivity index (χ0) is 13.1. The van der Waals surface area contributed by atoms with Gasteiger partial charge in [0.2, 0.25) is 5.95 Å². The van der Waals surface area contributed by atoms with Crippen LogP contribution in [0.25, 0.3) is 0 Å². The van der Waals surface area contributed by atoms with Crippen LogP contribution >= 0.6 is 22.6 Å². The number of nitrogens with two attached hydrogens (primary N) is 1. The summed E-state index contributed by atoms with van der Waals surface area (Å²) in [6.45, 7) is 6.08. The molecule has 0 unspecified atom stereocenters. The first-order valence-corrected chi connectivity index (χ1v) is 7.83. The molecule has 0 atom stereocenters. The van der Waals surface area contributed by atoms with E-state index in [1.165, 1.54) is 31.4 Å². The van der Waals surface area contributed by atoms with Crippen molar-refractivity contribution < 1.29 is 0 Å². The Morgan fingerprint density at radius 1 is 1.22 bits per heavy atom. The second-order valence-electron chi connectivity index (χ2n) is 4.76. The van der Waals surface area contributed by atoms with Crippen LogP contribution < -0.4 is 10.6 Å². The highest BCUT2D eigenvalue weighted by molar-refractivity contribution is 14.1. The third-order valence-electron chi connectivity index (χ3n) is 3.68. The average molecular weight is 360 g/mol. The minimum absolute atomic E-state index is 0.580. The molecule has 1 aliphatic rings. The van der Waals surface area contributed by atoms with Gasteiger partial charge in [0.15, 0.2) is 0 Å². The van der Waals surface area contributed by atoms with Crippen LogP contribution in [0.4, 0.5) is 11.8 Å².